The van der Waals surface area contributed by atoms with Gasteiger partial charge in [0, 0.05) is 5.69 Å². The van der Waals surface area contributed by atoms with Crippen LogP contribution in [0, 0.1) is 0 Å². The Labute approximate surface area is 167 Å². The highest BCUT2D eigenvalue weighted by molar-refractivity contribution is 6.02. The monoisotopic (exact) mass is 386 g/mol. The third kappa shape index (κ3) is 4.98. The molecule has 2 N–H and O–H groups in total. The van der Waals surface area contributed by atoms with Gasteiger partial charge in [-0.15, -0.1) is 0 Å². The standard InChI is InChI=1S/C22H18N4O3/c27-22(20-14-25-21(15-23-20)24-13-19-7-4-12-28-19)26-16-8-10-18(11-9-16)29-17-5-2-1-3-6-17/h1-12,14-15H,13H2,(H,24,25)(H,26,27). The maximum absolute atomic E-state index is 12.4. The summed E-state index contributed by atoms with van der Waals surface area (Å²) in [5.41, 5.74) is 0.857. The number of carbonyl (C=O) groups excluding carboxylic acids is 1. The number of hydrogen-bond donors (Lipinski definition) is 2. The summed E-state index contributed by atoms with van der Waals surface area (Å²) >= 11 is 0. The Bertz CT molecular complexity index is 1050. The molecular formula is C22H18N4O3. The topological polar surface area (TPSA) is 89.3 Å². The van der Waals surface area contributed by atoms with Crippen LogP contribution >= 0.6 is 0 Å². The van der Waals surface area contributed by atoms with E-state index in [1.165, 1.54) is 12.4 Å². The number of ether oxygens (including phenoxy) is 1. The average molecular weight is 386 g/mol. The molecule has 2 heterocycles. The van der Waals surface area contributed by atoms with Crippen LogP contribution < -0.4 is 15.4 Å². The van der Waals surface area contributed by atoms with Crippen LogP contribution in [0.3, 0.4) is 0 Å². The fraction of sp³-hybridized carbons (Fsp3) is 0.0455. The molecule has 0 radical (unpaired) electrons. The molecule has 1 amide bonds. The highest BCUT2D eigenvalue weighted by Crippen LogP contribution is 2.22. The lowest BCUT2D eigenvalue weighted by Gasteiger charge is -2.08. The summed E-state index contributed by atoms with van der Waals surface area (Å²) in [5.74, 6) is 2.43. The first-order valence-corrected chi connectivity index (χ1v) is 8.99. The largest absolute Gasteiger partial charge is 0.467 e. The minimum absolute atomic E-state index is 0.221. The fourth-order valence-electron chi connectivity index (χ4n) is 2.55. The normalized spacial score (nSPS) is 10.3. The third-order valence-corrected chi connectivity index (χ3v) is 4.00. The SMILES string of the molecule is O=C(Nc1ccc(Oc2ccccc2)cc1)c1cnc(NCc2ccco2)cn1. The first-order valence-electron chi connectivity index (χ1n) is 8.99. The Morgan fingerprint density at radius 2 is 1.69 bits per heavy atom. The molecule has 2 aromatic heterocycles. The van der Waals surface area contributed by atoms with Crippen LogP contribution in [0.5, 0.6) is 11.5 Å². The molecule has 0 saturated heterocycles. The summed E-state index contributed by atoms with van der Waals surface area (Å²) in [7, 11) is 0. The van der Waals surface area contributed by atoms with Gasteiger partial charge in [-0.2, -0.15) is 0 Å². The molecule has 0 atom stereocenters. The zero-order valence-corrected chi connectivity index (χ0v) is 15.4. The lowest BCUT2D eigenvalue weighted by Crippen LogP contribution is -2.14. The van der Waals surface area contributed by atoms with E-state index in [1.807, 2.05) is 42.5 Å². The van der Waals surface area contributed by atoms with Crippen molar-refractivity contribution in [3.8, 4) is 11.5 Å². The van der Waals surface area contributed by atoms with Gasteiger partial charge in [-0.1, -0.05) is 18.2 Å². The van der Waals surface area contributed by atoms with Crippen LogP contribution in [0.15, 0.2) is 89.8 Å². The Kier molecular flexibility index (Phi) is 5.48. The number of rotatable bonds is 7. The summed E-state index contributed by atoms with van der Waals surface area (Å²) < 4.78 is 11.0. The van der Waals surface area contributed by atoms with Crippen molar-refractivity contribution in [3.63, 3.8) is 0 Å². The van der Waals surface area contributed by atoms with Crippen LogP contribution in [0.4, 0.5) is 11.5 Å². The lowest BCUT2D eigenvalue weighted by atomic mass is 10.3. The molecule has 4 rings (SSSR count). The van der Waals surface area contributed by atoms with Gasteiger partial charge in [0.15, 0.2) is 0 Å². The summed E-state index contributed by atoms with van der Waals surface area (Å²) in [4.78, 5) is 20.7. The van der Waals surface area contributed by atoms with Gasteiger partial charge in [-0.3, -0.25) is 4.79 Å². The van der Waals surface area contributed by atoms with Crippen molar-refractivity contribution in [1.29, 1.82) is 0 Å². The number of benzene rings is 2. The maximum Gasteiger partial charge on any atom is 0.275 e. The molecule has 4 aromatic rings. The van der Waals surface area contributed by atoms with E-state index in [9.17, 15) is 4.79 Å². The first kappa shape index (κ1) is 18.2. The summed E-state index contributed by atoms with van der Waals surface area (Å²) in [6, 6.07) is 20.3. The van der Waals surface area contributed by atoms with Crippen LogP contribution in [0.1, 0.15) is 16.2 Å². The van der Waals surface area contributed by atoms with E-state index in [2.05, 4.69) is 20.6 Å². The van der Waals surface area contributed by atoms with Gasteiger partial charge in [0.1, 0.15) is 28.8 Å². The van der Waals surface area contributed by atoms with Gasteiger partial charge < -0.3 is 19.8 Å². The second kappa shape index (κ2) is 8.71. The molecule has 0 bridgehead atoms. The highest BCUT2D eigenvalue weighted by Gasteiger charge is 2.09. The molecule has 0 aliphatic carbocycles. The van der Waals surface area contributed by atoms with Gasteiger partial charge in [0.05, 0.1) is 25.2 Å². The van der Waals surface area contributed by atoms with E-state index in [-0.39, 0.29) is 11.6 Å². The predicted octanol–water partition coefficient (Wildman–Crippen LogP) is 4.73. The number of furan rings is 1. The number of amides is 1. The molecular weight excluding hydrogens is 368 g/mol. The molecule has 7 heteroatoms. The van der Waals surface area contributed by atoms with Crippen LogP contribution in [-0.2, 0) is 6.54 Å². The van der Waals surface area contributed by atoms with Gasteiger partial charge >= 0.3 is 0 Å². The molecule has 0 aliphatic rings. The third-order valence-electron chi connectivity index (χ3n) is 4.00. The van der Waals surface area contributed by atoms with Crippen molar-refractivity contribution in [2.24, 2.45) is 0 Å². The molecule has 0 fully saturated rings. The number of para-hydroxylation sites is 1. The van der Waals surface area contributed by atoms with Gasteiger partial charge in [0.2, 0.25) is 0 Å². The van der Waals surface area contributed by atoms with Crippen molar-refractivity contribution in [1.82, 2.24) is 9.97 Å². The van der Waals surface area contributed by atoms with E-state index in [0.29, 0.717) is 23.8 Å². The van der Waals surface area contributed by atoms with E-state index in [4.69, 9.17) is 9.15 Å². The number of aromatic nitrogens is 2. The van der Waals surface area contributed by atoms with E-state index < -0.39 is 0 Å². The Morgan fingerprint density at radius 1 is 0.897 bits per heavy atom. The lowest BCUT2D eigenvalue weighted by molar-refractivity contribution is 0.102. The number of carbonyl (C=O) groups is 1. The molecule has 144 valence electrons. The maximum atomic E-state index is 12.4. The van der Waals surface area contributed by atoms with Gasteiger partial charge in [-0.05, 0) is 48.5 Å². The van der Waals surface area contributed by atoms with Crippen LogP contribution in [-0.4, -0.2) is 15.9 Å². The summed E-state index contributed by atoms with van der Waals surface area (Å²) in [5, 5.41) is 5.87. The summed E-state index contributed by atoms with van der Waals surface area (Å²) in [6.45, 7) is 0.491. The molecule has 0 aliphatic heterocycles. The summed E-state index contributed by atoms with van der Waals surface area (Å²) in [6.07, 6.45) is 4.54. The minimum atomic E-state index is -0.341. The van der Waals surface area contributed by atoms with E-state index in [0.717, 1.165) is 11.5 Å². The van der Waals surface area contributed by atoms with Crippen molar-refractivity contribution < 1.29 is 13.9 Å². The average Bonchev–Trinajstić information content (AvgIpc) is 3.28. The molecule has 29 heavy (non-hydrogen) atoms. The molecule has 2 aromatic carbocycles. The Balaban J connectivity index is 1.32. The Hall–Kier alpha value is -4.13. The number of nitrogens with zero attached hydrogens (tertiary/aromatic N) is 2. The van der Waals surface area contributed by atoms with Gasteiger partial charge in [0.25, 0.3) is 5.91 Å². The first-order chi connectivity index (χ1) is 14.3. The molecule has 0 saturated carbocycles. The van der Waals surface area contributed by atoms with Crippen LogP contribution in [0.2, 0.25) is 0 Å². The second-order valence-corrected chi connectivity index (χ2v) is 6.11. The fourth-order valence-corrected chi connectivity index (χ4v) is 2.55. The molecule has 7 nitrogen and oxygen atoms in total. The quantitative estimate of drug-likeness (QED) is 0.477. The second-order valence-electron chi connectivity index (χ2n) is 6.11. The van der Waals surface area contributed by atoms with Gasteiger partial charge in [-0.25, -0.2) is 9.97 Å². The number of anilines is 2. The van der Waals surface area contributed by atoms with Crippen molar-refractivity contribution >= 4 is 17.4 Å². The zero-order chi connectivity index (χ0) is 19.9. The van der Waals surface area contributed by atoms with Crippen LogP contribution in [0.25, 0.3) is 0 Å². The van der Waals surface area contributed by atoms with E-state index in [1.54, 1.807) is 30.5 Å². The van der Waals surface area contributed by atoms with E-state index >= 15 is 0 Å². The smallest absolute Gasteiger partial charge is 0.275 e. The minimum Gasteiger partial charge on any atom is -0.467 e. The zero-order valence-electron chi connectivity index (χ0n) is 15.4. The number of hydrogen-bond acceptors (Lipinski definition) is 6. The highest BCUT2D eigenvalue weighted by atomic mass is 16.5. The van der Waals surface area contributed by atoms with Crippen molar-refractivity contribution in [3.05, 3.63) is 96.8 Å². The predicted molar refractivity (Wildman–Crippen MR) is 109 cm³/mol. The Morgan fingerprint density at radius 3 is 2.38 bits per heavy atom. The molecule has 0 unspecified atom stereocenters. The van der Waals surface area contributed by atoms with Crippen molar-refractivity contribution in [2.45, 2.75) is 6.54 Å². The van der Waals surface area contributed by atoms with Crippen molar-refractivity contribution in [2.75, 3.05) is 10.6 Å². The molecule has 0 spiro atoms. The number of nitrogens with one attached hydrogen (secondary N) is 2.